The molecule has 0 aliphatic carbocycles. The standard InChI is InChI=1S/C9H10F2O3S/c1-5(2)13-8(12)7-3-6(4-15-7)14-9(10)11/h3-5,9H,1-2H3. The number of hydrogen-bond acceptors (Lipinski definition) is 4. The van der Waals surface area contributed by atoms with Gasteiger partial charge in [0.25, 0.3) is 0 Å². The van der Waals surface area contributed by atoms with Crippen LogP contribution in [0.2, 0.25) is 0 Å². The number of carbonyl (C=O) groups is 1. The maximum absolute atomic E-state index is 11.8. The Morgan fingerprint density at radius 1 is 1.47 bits per heavy atom. The highest BCUT2D eigenvalue weighted by Gasteiger charge is 2.14. The zero-order valence-electron chi connectivity index (χ0n) is 8.20. The normalized spacial score (nSPS) is 10.8. The molecule has 0 saturated heterocycles. The van der Waals surface area contributed by atoms with Crippen LogP contribution in [0.5, 0.6) is 5.75 Å². The van der Waals surface area contributed by atoms with E-state index in [1.165, 1.54) is 11.4 Å². The highest BCUT2D eigenvalue weighted by Crippen LogP contribution is 2.24. The van der Waals surface area contributed by atoms with Crippen LogP contribution in [0.25, 0.3) is 0 Å². The first-order chi connectivity index (χ1) is 6.99. The number of alkyl halides is 2. The van der Waals surface area contributed by atoms with E-state index in [9.17, 15) is 13.6 Å². The highest BCUT2D eigenvalue weighted by atomic mass is 32.1. The topological polar surface area (TPSA) is 35.5 Å². The number of thiophene rings is 1. The first kappa shape index (κ1) is 11.9. The molecular weight excluding hydrogens is 226 g/mol. The number of ether oxygens (including phenoxy) is 2. The van der Waals surface area contributed by atoms with Crippen molar-refractivity contribution < 1.29 is 23.0 Å². The van der Waals surface area contributed by atoms with E-state index in [1.54, 1.807) is 13.8 Å². The maximum Gasteiger partial charge on any atom is 0.387 e. The van der Waals surface area contributed by atoms with Crippen LogP contribution >= 0.6 is 11.3 Å². The lowest BCUT2D eigenvalue weighted by atomic mass is 10.4. The number of hydrogen-bond donors (Lipinski definition) is 0. The van der Waals surface area contributed by atoms with Gasteiger partial charge >= 0.3 is 12.6 Å². The van der Waals surface area contributed by atoms with Crippen molar-refractivity contribution in [3.63, 3.8) is 0 Å². The summed E-state index contributed by atoms with van der Waals surface area (Å²) in [7, 11) is 0. The second-order valence-corrected chi connectivity index (χ2v) is 3.89. The lowest BCUT2D eigenvalue weighted by molar-refractivity contribution is -0.0496. The van der Waals surface area contributed by atoms with Gasteiger partial charge in [-0.2, -0.15) is 8.78 Å². The molecule has 84 valence electrons. The summed E-state index contributed by atoms with van der Waals surface area (Å²) >= 11 is 1.01. The van der Waals surface area contributed by atoms with Crippen molar-refractivity contribution in [1.82, 2.24) is 0 Å². The number of halogens is 2. The Morgan fingerprint density at radius 2 is 2.13 bits per heavy atom. The smallest absolute Gasteiger partial charge is 0.387 e. The van der Waals surface area contributed by atoms with Crippen molar-refractivity contribution >= 4 is 17.3 Å². The van der Waals surface area contributed by atoms with Gasteiger partial charge in [-0.15, -0.1) is 11.3 Å². The molecule has 1 aromatic rings. The minimum absolute atomic E-state index is 0.0225. The van der Waals surface area contributed by atoms with Gasteiger partial charge in [0.1, 0.15) is 10.6 Å². The summed E-state index contributed by atoms with van der Waals surface area (Å²) < 4.78 is 32.6. The molecule has 0 aromatic carbocycles. The summed E-state index contributed by atoms with van der Waals surface area (Å²) in [5.41, 5.74) is 0. The average Bonchev–Trinajstić information content (AvgIpc) is 2.50. The van der Waals surface area contributed by atoms with Gasteiger partial charge in [0.15, 0.2) is 0 Å². The molecule has 1 heterocycles. The van der Waals surface area contributed by atoms with Gasteiger partial charge in [0, 0.05) is 11.4 Å². The van der Waals surface area contributed by atoms with Crippen LogP contribution in [0.15, 0.2) is 11.4 Å². The minimum atomic E-state index is -2.88. The van der Waals surface area contributed by atoms with Gasteiger partial charge in [0.05, 0.1) is 6.10 Å². The first-order valence-corrected chi connectivity index (χ1v) is 5.11. The SMILES string of the molecule is CC(C)OC(=O)c1cc(OC(F)F)cs1. The number of esters is 1. The Kier molecular flexibility index (Phi) is 4.02. The monoisotopic (exact) mass is 236 g/mol. The Labute approximate surface area is 89.6 Å². The molecule has 0 atom stereocenters. The predicted molar refractivity (Wildman–Crippen MR) is 51.5 cm³/mol. The molecule has 0 bridgehead atoms. The molecule has 1 aromatic heterocycles. The molecule has 1 rings (SSSR count). The van der Waals surface area contributed by atoms with Crippen LogP contribution in [-0.2, 0) is 4.74 Å². The van der Waals surface area contributed by atoms with Gasteiger partial charge < -0.3 is 9.47 Å². The molecule has 15 heavy (non-hydrogen) atoms. The molecule has 0 N–H and O–H groups in total. The maximum atomic E-state index is 11.8. The third-order valence-electron chi connectivity index (χ3n) is 1.34. The molecular formula is C9H10F2O3S. The Morgan fingerprint density at radius 3 is 2.67 bits per heavy atom. The lowest BCUT2D eigenvalue weighted by Crippen LogP contribution is -2.10. The van der Waals surface area contributed by atoms with Crippen molar-refractivity contribution in [1.29, 1.82) is 0 Å². The van der Waals surface area contributed by atoms with Crippen molar-refractivity contribution in [2.24, 2.45) is 0 Å². The molecule has 0 aliphatic rings. The minimum Gasteiger partial charge on any atom is -0.459 e. The fourth-order valence-corrected chi connectivity index (χ4v) is 1.56. The van der Waals surface area contributed by atoms with E-state index in [0.29, 0.717) is 0 Å². The molecule has 0 radical (unpaired) electrons. The van der Waals surface area contributed by atoms with Crippen molar-refractivity contribution in [2.75, 3.05) is 0 Å². The van der Waals surface area contributed by atoms with Crippen LogP contribution in [0.4, 0.5) is 8.78 Å². The van der Waals surface area contributed by atoms with Crippen LogP contribution < -0.4 is 4.74 Å². The van der Waals surface area contributed by atoms with Gasteiger partial charge in [-0.05, 0) is 13.8 Å². The van der Waals surface area contributed by atoms with Gasteiger partial charge in [-0.1, -0.05) is 0 Å². The third kappa shape index (κ3) is 3.83. The average molecular weight is 236 g/mol. The molecule has 0 spiro atoms. The molecule has 3 nitrogen and oxygen atoms in total. The van der Waals surface area contributed by atoms with Crippen LogP contribution in [0.1, 0.15) is 23.5 Å². The lowest BCUT2D eigenvalue weighted by Gasteiger charge is -2.05. The van der Waals surface area contributed by atoms with E-state index in [-0.39, 0.29) is 16.7 Å². The zero-order valence-corrected chi connectivity index (χ0v) is 9.01. The first-order valence-electron chi connectivity index (χ1n) is 4.23. The summed E-state index contributed by atoms with van der Waals surface area (Å²) in [5.74, 6) is -0.551. The van der Waals surface area contributed by atoms with E-state index in [4.69, 9.17) is 4.74 Å². The Hall–Kier alpha value is -1.17. The molecule has 0 saturated carbocycles. The molecule has 0 aliphatic heterocycles. The molecule has 0 amide bonds. The predicted octanol–water partition coefficient (Wildman–Crippen LogP) is 2.91. The summed E-state index contributed by atoms with van der Waals surface area (Å²) in [5, 5.41) is 1.34. The Balaban J connectivity index is 2.63. The molecule has 0 unspecified atom stereocenters. The molecule has 0 fully saturated rings. The summed E-state index contributed by atoms with van der Waals surface area (Å²) in [6, 6.07) is 1.24. The van der Waals surface area contributed by atoms with Crippen molar-refractivity contribution in [3.8, 4) is 5.75 Å². The second-order valence-electron chi connectivity index (χ2n) is 2.98. The van der Waals surface area contributed by atoms with Crippen LogP contribution in [0, 0.1) is 0 Å². The summed E-state index contributed by atoms with van der Waals surface area (Å²) in [6.45, 7) is 0.540. The van der Waals surface area contributed by atoms with E-state index >= 15 is 0 Å². The van der Waals surface area contributed by atoms with E-state index in [1.807, 2.05) is 0 Å². The fraction of sp³-hybridized carbons (Fsp3) is 0.444. The van der Waals surface area contributed by atoms with Crippen LogP contribution in [-0.4, -0.2) is 18.7 Å². The largest absolute Gasteiger partial charge is 0.459 e. The van der Waals surface area contributed by atoms with Crippen molar-refractivity contribution in [3.05, 3.63) is 16.3 Å². The summed E-state index contributed by atoms with van der Waals surface area (Å²) in [6.07, 6.45) is -0.237. The second kappa shape index (κ2) is 5.06. The zero-order chi connectivity index (χ0) is 11.4. The fourth-order valence-electron chi connectivity index (χ4n) is 0.863. The van der Waals surface area contributed by atoms with Crippen molar-refractivity contribution in [2.45, 2.75) is 26.6 Å². The highest BCUT2D eigenvalue weighted by molar-refractivity contribution is 7.12. The van der Waals surface area contributed by atoms with Gasteiger partial charge in [0.2, 0.25) is 0 Å². The number of rotatable bonds is 4. The van der Waals surface area contributed by atoms with E-state index in [2.05, 4.69) is 4.74 Å². The third-order valence-corrected chi connectivity index (χ3v) is 2.23. The van der Waals surface area contributed by atoms with Gasteiger partial charge in [-0.3, -0.25) is 0 Å². The van der Waals surface area contributed by atoms with E-state index < -0.39 is 12.6 Å². The summed E-state index contributed by atoms with van der Waals surface area (Å²) in [4.78, 5) is 11.5. The van der Waals surface area contributed by atoms with Crippen LogP contribution in [0.3, 0.4) is 0 Å². The molecule has 6 heteroatoms. The number of carbonyl (C=O) groups excluding carboxylic acids is 1. The van der Waals surface area contributed by atoms with Gasteiger partial charge in [-0.25, -0.2) is 4.79 Å². The quantitative estimate of drug-likeness (QED) is 0.754. The Bertz CT molecular complexity index is 336. The van der Waals surface area contributed by atoms with E-state index in [0.717, 1.165) is 11.3 Å².